The minimum absolute atomic E-state index is 0.102. The smallest absolute Gasteiger partial charge is 0.459 e. The minimum atomic E-state index is -4.26. The Labute approximate surface area is 286 Å². The third-order valence-corrected chi connectivity index (χ3v) is 9.42. The molecule has 14 nitrogen and oxygen atoms in total. The molecule has 4 atom stereocenters. The molecule has 2 heterocycles. The maximum atomic E-state index is 14.5. The van der Waals surface area contributed by atoms with Crippen molar-refractivity contribution in [3.63, 3.8) is 0 Å². The number of aromatic nitrogens is 4. The number of fused-ring (bicyclic) bond motifs is 2. The molecule has 0 saturated heterocycles. The molecule has 15 heteroatoms. The monoisotopic (exact) mass is 694 g/mol. The number of nitrogen functional groups attached to an aromatic ring is 1. The SMILES string of the molecule is CCC(=N)C[C@@H](CO[P@](=O)(N[C@H](C)C(=O)OCC(C)(C)C)Oc1cccc2ccccc12)O[C@H](C)n1cnc2c(NC3CC3)nc(N)nc21. The molecule has 0 amide bonds. The van der Waals surface area contributed by atoms with Gasteiger partial charge in [-0.1, -0.05) is 64.1 Å². The van der Waals surface area contributed by atoms with Gasteiger partial charge >= 0.3 is 13.7 Å². The van der Waals surface area contributed by atoms with Gasteiger partial charge in [0, 0.05) is 23.6 Å². The highest BCUT2D eigenvalue weighted by molar-refractivity contribution is 7.52. The number of nitrogens with one attached hydrogen (secondary N) is 3. The van der Waals surface area contributed by atoms with Crippen molar-refractivity contribution in [1.29, 1.82) is 5.41 Å². The summed E-state index contributed by atoms with van der Waals surface area (Å²) in [4.78, 5) is 26.2. The number of carbonyl (C=O) groups is 1. The van der Waals surface area contributed by atoms with Crippen LogP contribution in [0, 0.1) is 10.8 Å². The van der Waals surface area contributed by atoms with Gasteiger partial charge in [-0.2, -0.15) is 15.1 Å². The van der Waals surface area contributed by atoms with Gasteiger partial charge in [-0.3, -0.25) is 13.9 Å². The molecule has 1 aliphatic rings. The number of hydrogen-bond acceptors (Lipinski definition) is 12. The van der Waals surface area contributed by atoms with Gasteiger partial charge in [0.05, 0.1) is 25.6 Å². The lowest BCUT2D eigenvalue weighted by molar-refractivity contribution is -0.148. The minimum Gasteiger partial charge on any atom is -0.464 e. The largest absolute Gasteiger partial charge is 0.464 e. The third-order valence-electron chi connectivity index (χ3n) is 7.79. The summed E-state index contributed by atoms with van der Waals surface area (Å²) in [6.07, 6.45) is 3.01. The zero-order chi connectivity index (χ0) is 35.3. The Balaban J connectivity index is 1.38. The molecule has 0 spiro atoms. The lowest BCUT2D eigenvalue weighted by atomic mass is 9.99. The summed E-state index contributed by atoms with van der Waals surface area (Å²) >= 11 is 0. The molecule has 49 heavy (non-hydrogen) atoms. The maximum absolute atomic E-state index is 14.5. The molecule has 0 unspecified atom stereocenters. The molecule has 5 N–H and O–H groups in total. The molecule has 1 saturated carbocycles. The first-order chi connectivity index (χ1) is 23.2. The highest BCUT2D eigenvalue weighted by atomic mass is 31.2. The summed E-state index contributed by atoms with van der Waals surface area (Å²) in [5.41, 5.74) is 7.26. The second-order valence-electron chi connectivity index (χ2n) is 13.6. The molecule has 2 aromatic carbocycles. The Bertz CT molecular complexity index is 1830. The van der Waals surface area contributed by atoms with E-state index in [-0.39, 0.29) is 31.0 Å². The van der Waals surface area contributed by atoms with E-state index >= 15 is 0 Å². The Morgan fingerprint density at radius 3 is 2.59 bits per heavy atom. The molecule has 1 aliphatic carbocycles. The fourth-order valence-electron chi connectivity index (χ4n) is 5.01. The molecule has 5 rings (SSSR count). The average molecular weight is 695 g/mol. The first-order valence-corrected chi connectivity index (χ1v) is 18.1. The summed E-state index contributed by atoms with van der Waals surface area (Å²) in [5, 5.41) is 16.2. The van der Waals surface area contributed by atoms with Crippen LogP contribution >= 0.6 is 7.75 Å². The number of nitrogens with two attached hydrogens (primary N) is 1. The van der Waals surface area contributed by atoms with Gasteiger partial charge in [0.25, 0.3) is 0 Å². The predicted octanol–water partition coefficient (Wildman–Crippen LogP) is 6.63. The van der Waals surface area contributed by atoms with E-state index in [1.54, 1.807) is 30.0 Å². The Morgan fingerprint density at radius 2 is 1.88 bits per heavy atom. The Morgan fingerprint density at radius 1 is 1.14 bits per heavy atom. The standard InChI is InChI=1S/C34H47N8O6P/c1-7-24(35)17-26(47-22(3)42-20-37-29-30(38-25-15-16-25)39-33(36)40-31(29)42)18-46-49(44,41-21(2)32(43)45-19-34(4,5)6)48-28-14-10-12-23-11-8-9-13-27(23)28/h8-14,20-22,25-26,35H,7,15-19H2,1-6H3,(H,41,44)(H3,36,38,39,40)/t21-,22-,26+,49-/m1/s1. The van der Waals surface area contributed by atoms with Crippen molar-refractivity contribution in [1.82, 2.24) is 24.6 Å². The first-order valence-electron chi connectivity index (χ1n) is 16.6. The zero-order valence-electron chi connectivity index (χ0n) is 28.9. The molecular weight excluding hydrogens is 647 g/mol. The summed E-state index contributed by atoms with van der Waals surface area (Å²) < 4.78 is 40.3. The quantitative estimate of drug-likeness (QED) is 0.0525. The van der Waals surface area contributed by atoms with Gasteiger partial charge in [0.1, 0.15) is 18.0 Å². The molecule has 0 aliphatic heterocycles. The number of esters is 1. The number of ether oxygens (including phenoxy) is 2. The van der Waals surface area contributed by atoms with Crippen molar-refractivity contribution in [2.24, 2.45) is 5.41 Å². The van der Waals surface area contributed by atoms with Crippen molar-refractivity contribution in [3.8, 4) is 5.75 Å². The van der Waals surface area contributed by atoms with Crippen molar-refractivity contribution in [2.45, 2.75) is 91.6 Å². The summed E-state index contributed by atoms with van der Waals surface area (Å²) in [5.74, 6) is 0.383. The maximum Gasteiger partial charge on any atom is 0.459 e. The summed E-state index contributed by atoms with van der Waals surface area (Å²) in [6, 6.07) is 12.2. The molecule has 0 radical (unpaired) electrons. The summed E-state index contributed by atoms with van der Waals surface area (Å²) in [7, 11) is -4.26. The Kier molecular flexibility index (Phi) is 11.2. The Hall–Kier alpha value is -4.10. The van der Waals surface area contributed by atoms with Crippen LogP contribution in [0.4, 0.5) is 11.8 Å². The molecule has 4 aromatic rings. The van der Waals surface area contributed by atoms with Crippen LogP contribution in [-0.4, -0.2) is 62.6 Å². The van der Waals surface area contributed by atoms with Crippen molar-refractivity contribution in [2.75, 3.05) is 24.3 Å². The molecule has 0 bridgehead atoms. The number of nitrogens with zero attached hydrogens (tertiary/aromatic N) is 4. The van der Waals surface area contributed by atoms with Crippen LogP contribution in [0.15, 0.2) is 48.8 Å². The predicted molar refractivity (Wildman–Crippen MR) is 190 cm³/mol. The fraction of sp³-hybridized carbons (Fsp3) is 0.500. The van der Waals surface area contributed by atoms with E-state index in [0.717, 1.165) is 23.6 Å². The second-order valence-corrected chi connectivity index (χ2v) is 15.3. The zero-order valence-corrected chi connectivity index (χ0v) is 29.8. The average Bonchev–Trinajstić information content (AvgIpc) is 3.77. The van der Waals surface area contributed by atoms with E-state index in [4.69, 9.17) is 29.7 Å². The highest BCUT2D eigenvalue weighted by Crippen LogP contribution is 2.47. The van der Waals surface area contributed by atoms with Crippen LogP contribution in [0.1, 0.15) is 73.5 Å². The van der Waals surface area contributed by atoms with Crippen LogP contribution in [0.2, 0.25) is 0 Å². The molecule has 2 aromatic heterocycles. The lowest BCUT2D eigenvalue weighted by Crippen LogP contribution is -2.37. The van der Waals surface area contributed by atoms with E-state index in [1.165, 1.54) is 0 Å². The second kappa shape index (κ2) is 15.2. The number of carbonyl (C=O) groups excluding carboxylic acids is 1. The molecule has 264 valence electrons. The lowest BCUT2D eigenvalue weighted by Gasteiger charge is -2.28. The molecule has 1 fully saturated rings. The third kappa shape index (κ3) is 9.75. The van der Waals surface area contributed by atoms with Gasteiger partial charge < -0.3 is 30.5 Å². The number of anilines is 2. The van der Waals surface area contributed by atoms with Crippen LogP contribution < -0.4 is 20.7 Å². The van der Waals surface area contributed by atoms with E-state index < -0.39 is 32.1 Å². The van der Waals surface area contributed by atoms with E-state index in [2.05, 4.69) is 25.4 Å². The summed E-state index contributed by atoms with van der Waals surface area (Å²) in [6.45, 7) is 11.0. The van der Waals surface area contributed by atoms with Crippen LogP contribution in [0.25, 0.3) is 21.9 Å². The van der Waals surface area contributed by atoms with Crippen LogP contribution in [0.5, 0.6) is 5.75 Å². The van der Waals surface area contributed by atoms with Crippen molar-refractivity contribution >= 4 is 53.1 Å². The molecular formula is C34H47N8O6P. The van der Waals surface area contributed by atoms with Crippen molar-refractivity contribution in [3.05, 3.63) is 48.8 Å². The number of rotatable bonds is 17. The van der Waals surface area contributed by atoms with E-state index in [9.17, 15) is 9.36 Å². The van der Waals surface area contributed by atoms with Gasteiger partial charge in [-0.15, -0.1) is 0 Å². The van der Waals surface area contributed by atoms with Gasteiger partial charge in [0.2, 0.25) is 5.95 Å². The number of imidazole rings is 1. The van der Waals surface area contributed by atoms with Crippen LogP contribution in [-0.2, 0) is 23.4 Å². The van der Waals surface area contributed by atoms with Crippen LogP contribution in [0.3, 0.4) is 0 Å². The van der Waals surface area contributed by atoms with E-state index in [1.807, 2.05) is 65.0 Å². The topological polar surface area (TPSA) is 189 Å². The van der Waals surface area contributed by atoms with Gasteiger partial charge in [-0.25, -0.2) is 9.55 Å². The normalized spacial score (nSPS) is 16.5. The van der Waals surface area contributed by atoms with Gasteiger partial charge in [-0.05, 0) is 50.0 Å². The highest BCUT2D eigenvalue weighted by Gasteiger charge is 2.35. The van der Waals surface area contributed by atoms with E-state index in [0.29, 0.717) is 40.9 Å². The number of benzene rings is 2. The number of hydrogen-bond donors (Lipinski definition) is 4. The fourth-order valence-corrected chi connectivity index (χ4v) is 6.55. The first kappa shape index (κ1) is 36.2. The van der Waals surface area contributed by atoms with Crippen molar-refractivity contribution < 1.29 is 27.9 Å². The van der Waals surface area contributed by atoms with Gasteiger partial charge in [0.15, 0.2) is 17.0 Å².